The fourth-order valence-corrected chi connectivity index (χ4v) is 8.73. The Morgan fingerprint density at radius 1 is 1.11 bits per heavy atom. The molecule has 1 saturated heterocycles. The van der Waals surface area contributed by atoms with Crippen molar-refractivity contribution in [2.45, 2.75) is 107 Å². The van der Waals surface area contributed by atoms with Crippen molar-refractivity contribution in [3.05, 3.63) is 53.0 Å². The second-order valence-electron chi connectivity index (χ2n) is 15.3. The van der Waals surface area contributed by atoms with Gasteiger partial charge in [0, 0.05) is 36.8 Å². The van der Waals surface area contributed by atoms with Crippen LogP contribution in [-0.4, -0.2) is 101 Å². The number of aliphatic hydroxyl groups excluding tert-OH is 2. The van der Waals surface area contributed by atoms with E-state index in [0.29, 0.717) is 43.2 Å². The summed E-state index contributed by atoms with van der Waals surface area (Å²) in [6, 6.07) is 3.29. The van der Waals surface area contributed by atoms with Crippen LogP contribution in [0.4, 0.5) is 9.18 Å². The van der Waals surface area contributed by atoms with Crippen LogP contribution in [0, 0.1) is 23.1 Å². The number of hydrogen-bond donors (Lipinski definition) is 4. The number of amides is 4. The van der Waals surface area contributed by atoms with Crippen LogP contribution >= 0.6 is 0 Å². The Morgan fingerprint density at radius 3 is 2.57 bits per heavy atom. The molecule has 2 saturated carbocycles. The van der Waals surface area contributed by atoms with Gasteiger partial charge in [-0.15, -0.1) is 5.73 Å². The van der Waals surface area contributed by atoms with E-state index >= 15 is 0 Å². The van der Waals surface area contributed by atoms with Crippen LogP contribution in [0.1, 0.15) is 82.3 Å². The van der Waals surface area contributed by atoms with Crippen LogP contribution in [0.2, 0.25) is 0 Å². The van der Waals surface area contributed by atoms with Gasteiger partial charge in [-0.1, -0.05) is 25.0 Å². The molecule has 53 heavy (non-hydrogen) atoms. The van der Waals surface area contributed by atoms with E-state index in [1.54, 1.807) is 24.3 Å². The minimum atomic E-state index is -3.96. The van der Waals surface area contributed by atoms with Crippen LogP contribution in [0.3, 0.4) is 0 Å². The zero-order valence-corrected chi connectivity index (χ0v) is 30.5. The summed E-state index contributed by atoms with van der Waals surface area (Å²) >= 11 is 0. The maximum Gasteiger partial charge on any atom is 0.410 e. The van der Waals surface area contributed by atoms with Crippen molar-refractivity contribution in [3.63, 3.8) is 0 Å². The standard InChI is InChI=1S/C37H47FN4O10S/c1-36(21-43,22-44)31(45)15-23-9-6-4-2-3-5-7-11-25-17-37(25,34(48)40-53(50,51)27-13-14-27)39-32(46)30-16-26(19-42(30)33(23)47)52-35(49)41-18-24-10-8-12-29(38)28(24)20-41/h5,8,10-12,23,25-27,30,43-44H,2-4,6,9,13-22H2,1H3,(H,39,46)(H,40,48)/t7?,23-,25-,26-,30+,37-/m1/s1. The molecule has 3 heterocycles. The molecule has 0 radical (unpaired) electrons. The second-order valence-corrected chi connectivity index (χ2v) is 17.3. The largest absolute Gasteiger partial charge is 0.444 e. The molecule has 16 heteroatoms. The summed E-state index contributed by atoms with van der Waals surface area (Å²) in [6.45, 7) is -0.0116. The van der Waals surface area contributed by atoms with Crippen molar-refractivity contribution >= 4 is 39.6 Å². The first-order valence-corrected chi connectivity index (χ1v) is 19.8. The predicted octanol–water partition coefficient (Wildman–Crippen LogP) is 1.97. The third kappa shape index (κ3) is 8.20. The van der Waals surface area contributed by atoms with Gasteiger partial charge in [-0.05, 0) is 69.2 Å². The molecule has 2 aliphatic carbocycles. The van der Waals surface area contributed by atoms with E-state index in [9.17, 15) is 47.0 Å². The number of Topliss-reactive ketones (excluding diaryl/α,β-unsaturated/α-hetero) is 1. The van der Waals surface area contributed by atoms with Gasteiger partial charge in [-0.25, -0.2) is 17.6 Å². The lowest BCUT2D eigenvalue weighted by Crippen LogP contribution is -2.57. The van der Waals surface area contributed by atoms with Crippen molar-refractivity contribution < 1.29 is 51.7 Å². The van der Waals surface area contributed by atoms with Crippen molar-refractivity contribution in [2.24, 2.45) is 17.3 Å². The summed E-state index contributed by atoms with van der Waals surface area (Å²) < 4.78 is 47.9. The fraction of sp³-hybridized carbons (Fsp3) is 0.622. The van der Waals surface area contributed by atoms with E-state index in [0.717, 1.165) is 6.42 Å². The molecule has 1 aromatic carbocycles. The number of rotatable bonds is 9. The van der Waals surface area contributed by atoms with E-state index < -0.39 is 98.8 Å². The highest BCUT2D eigenvalue weighted by atomic mass is 32.2. The molecule has 14 nitrogen and oxygen atoms in total. The number of aliphatic hydroxyl groups is 2. The van der Waals surface area contributed by atoms with E-state index in [-0.39, 0.29) is 45.3 Å². The summed E-state index contributed by atoms with van der Waals surface area (Å²) in [7, 11) is -3.96. The smallest absolute Gasteiger partial charge is 0.410 e. The molecule has 3 aliphatic heterocycles. The number of ketones is 1. The molecule has 0 bridgehead atoms. The van der Waals surface area contributed by atoms with Gasteiger partial charge >= 0.3 is 6.09 Å². The molecule has 0 aromatic heterocycles. The Balaban J connectivity index is 1.28. The summed E-state index contributed by atoms with van der Waals surface area (Å²) in [5.74, 6) is -4.73. The zero-order valence-electron chi connectivity index (χ0n) is 29.7. The molecule has 0 spiro atoms. The van der Waals surface area contributed by atoms with Gasteiger partial charge in [0.1, 0.15) is 29.3 Å². The van der Waals surface area contributed by atoms with Crippen LogP contribution in [0.5, 0.6) is 0 Å². The summed E-state index contributed by atoms with van der Waals surface area (Å²) in [5, 5.41) is 21.8. The Morgan fingerprint density at radius 2 is 1.87 bits per heavy atom. The summed E-state index contributed by atoms with van der Waals surface area (Å²) in [4.78, 5) is 71.6. The van der Waals surface area contributed by atoms with E-state index in [4.69, 9.17) is 4.74 Å². The third-order valence-corrected chi connectivity index (χ3v) is 13.1. The van der Waals surface area contributed by atoms with Gasteiger partial charge in [0.25, 0.3) is 5.91 Å². The van der Waals surface area contributed by atoms with Crippen LogP contribution in [0.15, 0.2) is 36.1 Å². The molecule has 0 unspecified atom stereocenters. The summed E-state index contributed by atoms with van der Waals surface area (Å²) in [6.07, 6.45) is 5.00. The van der Waals surface area contributed by atoms with E-state index in [1.165, 1.54) is 22.8 Å². The van der Waals surface area contributed by atoms with Crippen LogP contribution in [0.25, 0.3) is 0 Å². The minimum Gasteiger partial charge on any atom is -0.444 e. The lowest BCUT2D eigenvalue weighted by molar-refractivity contribution is -0.145. The predicted molar refractivity (Wildman–Crippen MR) is 186 cm³/mol. The number of nitrogens with zero attached hydrogens (tertiary/aromatic N) is 2. The van der Waals surface area contributed by atoms with Gasteiger partial charge in [0.15, 0.2) is 0 Å². The van der Waals surface area contributed by atoms with Gasteiger partial charge in [-0.2, -0.15) is 0 Å². The third-order valence-electron chi connectivity index (χ3n) is 11.2. The molecule has 288 valence electrons. The van der Waals surface area contributed by atoms with Crippen molar-refractivity contribution in [3.8, 4) is 0 Å². The zero-order chi connectivity index (χ0) is 38.1. The van der Waals surface area contributed by atoms with Gasteiger partial charge < -0.3 is 25.2 Å². The molecule has 6 rings (SSSR count). The molecule has 1 aromatic rings. The van der Waals surface area contributed by atoms with E-state index in [1.807, 2.05) is 0 Å². The molecule has 4 N–H and O–H groups in total. The molecule has 5 atom stereocenters. The second kappa shape index (κ2) is 15.3. The lowest BCUT2D eigenvalue weighted by Gasteiger charge is -2.31. The number of ether oxygens (including phenoxy) is 1. The maximum absolute atomic E-state index is 14.4. The van der Waals surface area contributed by atoms with Gasteiger partial charge in [0.05, 0.1) is 37.0 Å². The van der Waals surface area contributed by atoms with Crippen LogP contribution < -0.4 is 10.0 Å². The molecular formula is C37H47FN4O10S. The van der Waals surface area contributed by atoms with Crippen LogP contribution in [-0.2, 0) is 47.0 Å². The first-order valence-electron chi connectivity index (χ1n) is 18.3. The normalized spacial score (nSPS) is 27.8. The number of halogens is 1. The number of fused-ring (bicyclic) bond motifs is 3. The number of benzene rings is 1. The molecule has 5 aliphatic rings. The average molecular weight is 759 g/mol. The average Bonchev–Trinajstić information content (AvgIpc) is 4.01. The summed E-state index contributed by atoms with van der Waals surface area (Å²) in [5.41, 5.74) is 0.930. The highest BCUT2D eigenvalue weighted by Crippen LogP contribution is 2.46. The first kappa shape index (κ1) is 38.6. The first-order chi connectivity index (χ1) is 25.2. The Kier molecular flexibility index (Phi) is 11.2. The highest BCUT2D eigenvalue weighted by molar-refractivity contribution is 7.91. The Hall–Kier alpha value is -4.11. The quantitative estimate of drug-likeness (QED) is 0.270. The van der Waals surface area contributed by atoms with Crippen molar-refractivity contribution in [2.75, 3.05) is 19.8 Å². The number of carbonyl (C=O) groups excluding carboxylic acids is 5. The maximum atomic E-state index is 14.4. The fourth-order valence-electron chi connectivity index (χ4n) is 7.36. The van der Waals surface area contributed by atoms with Crippen molar-refractivity contribution in [1.29, 1.82) is 0 Å². The Bertz CT molecular complexity index is 1820. The molecule has 3 fully saturated rings. The highest BCUT2D eigenvalue weighted by Gasteiger charge is 2.62. The minimum absolute atomic E-state index is 0.0243. The Labute approximate surface area is 307 Å². The van der Waals surface area contributed by atoms with Gasteiger partial charge in [0.2, 0.25) is 21.8 Å². The lowest BCUT2D eigenvalue weighted by atomic mass is 9.81. The monoisotopic (exact) mass is 758 g/mol. The SMILES string of the molecule is CC(CO)(CO)C(=O)C[C@H]1CCCCCC=C=C[C@@H]2C[C@@]2(C(=O)NS(=O)(=O)C2CC2)NC(=O)[C@@H]2C[C@@H](OC(=O)N3Cc4cccc(F)c4C3)CN2C1=O. The van der Waals surface area contributed by atoms with Gasteiger partial charge in [-0.3, -0.25) is 28.8 Å². The van der Waals surface area contributed by atoms with Crippen molar-refractivity contribution in [1.82, 2.24) is 19.8 Å². The molecule has 4 amide bonds. The number of carbonyl (C=O) groups is 5. The number of sulfonamides is 1. The number of nitrogens with one attached hydrogen (secondary N) is 2. The topological polar surface area (TPSA) is 200 Å². The number of hydrogen-bond acceptors (Lipinski definition) is 10. The van der Waals surface area contributed by atoms with E-state index in [2.05, 4.69) is 15.8 Å². The molecular weight excluding hydrogens is 711 g/mol.